The van der Waals surface area contributed by atoms with Crippen molar-refractivity contribution in [3.05, 3.63) is 16.1 Å². The van der Waals surface area contributed by atoms with E-state index in [1.807, 2.05) is 13.8 Å². The third-order valence-electron chi connectivity index (χ3n) is 2.96. The second-order valence-corrected chi connectivity index (χ2v) is 6.02. The van der Waals surface area contributed by atoms with Crippen LogP contribution in [0.25, 0.3) is 0 Å². The highest BCUT2D eigenvalue weighted by Gasteiger charge is 2.22. The van der Waals surface area contributed by atoms with Crippen LogP contribution >= 0.6 is 11.3 Å². The fourth-order valence-electron chi connectivity index (χ4n) is 1.80. The van der Waals surface area contributed by atoms with Gasteiger partial charge in [0.15, 0.2) is 0 Å². The molecule has 0 aliphatic carbocycles. The molecule has 0 aliphatic heterocycles. The number of carboxylic acid groups (broad SMARTS) is 1. The fraction of sp³-hybridized carbons (Fsp3) is 0.643. The lowest BCUT2D eigenvalue weighted by Crippen LogP contribution is -2.37. The summed E-state index contributed by atoms with van der Waals surface area (Å²) < 4.78 is 5.26. The molecule has 118 valence electrons. The molecule has 1 amide bonds. The van der Waals surface area contributed by atoms with Gasteiger partial charge in [0.25, 0.3) is 5.91 Å². The Labute approximate surface area is 128 Å². The first-order valence-corrected chi connectivity index (χ1v) is 7.79. The normalized spacial score (nSPS) is 12.1. The maximum absolute atomic E-state index is 12.4. The van der Waals surface area contributed by atoms with Gasteiger partial charge in [-0.3, -0.25) is 9.59 Å². The predicted molar refractivity (Wildman–Crippen MR) is 80.7 cm³/mol. The average molecular weight is 314 g/mol. The molecule has 6 nitrogen and oxygen atoms in total. The molecule has 1 N–H and O–H groups in total. The van der Waals surface area contributed by atoms with Crippen LogP contribution in [0, 0.1) is 12.8 Å². The van der Waals surface area contributed by atoms with E-state index in [0.29, 0.717) is 31.1 Å². The molecule has 0 fully saturated rings. The van der Waals surface area contributed by atoms with Crippen LogP contribution in [-0.4, -0.2) is 53.2 Å². The minimum atomic E-state index is -0.905. The second kappa shape index (κ2) is 8.74. The van der Waals surface area contributed by atoms with E-state index in [0.717, 1.165) is 5.01 Å². The zero-order chi connectivity index (χ0) is 15.8. The van der Waals surface area contributed by atoms with Crippen LogP contribution in [0.4, 0.5) is 0 Å². The van der Waals surface area contributed by atoms with E-state index >= 15 is 0 Å². The Morgan fingerprint density at radius 2 is 2.24 bits per heavy atom. The molecule has 0 saturated carbocycles. The lowest BCUT2D eigenvalue weighted by molar-refractivity contribution is -0.141. The number of aryl methyl sites for hydroxylation is 1. The van der Waals surface area contributed by atoms with Crippen LogP contribution in [0.1, 0.15) is 34.9 Å². The summed E-state index contributed by atoms with van der Waals surface area (Å²) in [5.41, 5.74) is 0. The first-order valence-electron chi connectivity index (χ1n) is 6.98. The Balaban J connectivity index is 2.70. The monoisotopic (exact) mass is 314 g/mol. The smallest absolute Gasteiger partial charge is 0.308 e. The summed E-state index contributed by atoms with van der Waals surface area (Å²) in [4.78, 5) is 29.6. The number of ether oxygens (including phenoxy) is 1. The van der Waals surface area contributed by atoms with Gasteiger partial charge in [-0.15, -0.1) is 11.3 Å². The molecular weight excluding hydrogens is 292 g/mol. The van der Waals surface area contributed by atoms with E-state index in [1.165, 1.54) is 11.3 Å². The Bertz CT molecular complexity index is 475. The molecule has 1 heterocycles. The minimum Gasteiger partial charge on any atom is -0.481 e. The van der Waals surface area contributed by atoms with Gasteiger partial charge in [0.2, 0.25) is 0 Å². The lowest BCUT2D eigenvalue weighted by Gasteiger charge is -2.23. The molecule has 0 bridgehead atoms. The average Bonchev–Trinajstić information content (AvgIpc) is 2.87. The largest absolute Gasteiger partial charge is 0.481 e. The van der Waals surface area contributed by atoms with Gasteiger partial charge in [0, 0.05) is 26.3 Å². The summed E-state index contributed by atoms with van der Waals surface area (Å²) >= 11 is 1.32. The van der Waals surface area contributed by atoms with Crippen molar-refractivity contribution in [2.75, 3.05) is 26.3 Å². The fourth-order valence-corrected chi connectivity index (χ4v) is 2.55. The number of aromatic nitrogens is 1. The van der Waals surface area contributed by atoms with Gasteiger partial charge in [0.1, 0.15) is 4.88 Å². The number of rotatable bonds is 9. The van der Waals surface area contributed by atoms with Crippen molar-refractivity contribution in [3.63, 3.8) is 0 Å². The van der Waals surface area contributed by atoms with Crippen LogP contribution in [0.15, 0.2) is 6.20 Å². The summed E-state index contributed by atoms with van der Waals surface area (Å²) in [5.74, 6) is -1.67. The van der Waals surface area contributed by atoms with E-state index < -0.39 is 11.9 Å². The van der Waals surface area contributed by atoms with Crippen LogP contribution < -0.4 is 0 Å². The SMILES string of the molecule is CCOCCCN(CC(C)C(=O)O)C(=O)c1cnc(C)s1. The van der Waals surface area contributed by atoms with Crippen molar-refractivity contribution in [3.8, 4) is 0 Å². The molecule has 1 unspecified atom stereocenters. The first kappa shape index (κ1) is 17.6. The molecule has 1 atom stereocenters. The first-order chi connectivity index (χ1) is 9.95. The van der Waals surface area contributed by atoms with Gasteiger partial charge < -0.3 is 14.7 Å². The Morgan fingerprint density at radius 1 is 1.52 bits per heavy atom. The van der Waals surface area contributed by atoms with Crippen LogP contribution in [0.3, 0.4) is 0 Å². The number of carbonyl (C=O) groups is 2. The van der Waals surface area contributed by atoms with Gasteiger partial charge in [-0.2, -0.15) is 0 Å². The Morgan fingerprint density at radius 3 is 2.76 bits per heavy atom. The molecule has 0 aliphatic rings. The maximum Gasteiger partial charge on any atom is 0.308 e. The van der Waals surface area contributed by atoms with Crippen molar-refractivity contribution in [1.29, 1.82) is 0 Å². The molecule has 0 aromatic carbocycles. The summed E-state index contributed by atoms with van der Waals surface area (Å²) in [6.07, 6.45) is 2.23. The summed E-state index contributed by atoms with van der Waals surface area (Å²) in [5, 5.41) is 9.84. The molecular formula is C14H22N2O4S. The number of nitrogens with zero attached hydrogens (tertiary/aromatic N) is 2. The molecule has 0 saturated heterocycles. The third-order valence-corrected chi connectivity index (χ3v) is 3.86. The number of carboxylic acids is 1. The summed E-state index contributed by atoms with van der Waals surface area (Å²) in [6, 6.07) is 0. The number of carbonyl (C=O) groups excluding carboxylic acids is 1. The minimum absolute atomic E-state index is 0.162. The van der Waals surface area contributed by atoms with E-state index in [1.54, 1.807) is 18.0 Å². The van der Waals surface area contributed by atoms with E-state index in [9.17, 15) is 9.59 Å². The molecule has 1 aromatic rings. The molecule has 1 rings (SSSR count). The van der Waals surface area contributed by atoms with Gasteiger partial charge in [0.05, 0.1) is 17.1 Å². The van der Waals surface area contributed by atoms with Gasteiger partial charge >= 0.3 is 5.97 Å². The van der Waals surface area contributed by atoms with E-state index in [-0.39, 0.29) is 12.5 Å². The van der Waals surface area contributed by atoms with Crippen molar-refractivity contribution < 1.29 is 19.4 Å². The number of aliphatic carboxylic acids is 1. The van der Waals surface area contributed by atoms with Crippen molar-refractivity contribution >= 4 is 23.2 Å². The Kier molecular flexibility index (Phi) is 7.31. The van der Waals surface area contributed by atoms with Crippen molar-refractivity contribution in [2.45, 2.75) is 27.2 Å². The zero-order valence-electron chi connectivity index (χ0n) is 12.7. The standard InChI is InChI=1S/C14H22N2O4S/c1-4-20-7-5-6-16(9-10(2)14(18)19)13(17)12-8-15-11(3)21-12/h8,10H,4-7,9H2,1-3H3,(H,18,19). The number of hydrogen-bond donors (Lipinski definition) is 1. The Hall–Kier alpha value is -1.47. The molecule has 1 aromatic heterocycles. The number of amides is 1. The predicted octanol–water partition coefficient (Wildman–Crippen LogP) is 2.04. The third kappa shape index (κ3) is 5.81. The van der Waals surface area contributed by atoms with Crippen molar-refractivity contribution in [2.24, 2.45) is 5.92 Å². The van der Waals surface area contributed by atoms with E-state index in [4.69, 9.17) is 9.84 Å². The van der Waals surface area contributed by atoms with Gasteiger partial charge in [-0.05, 0) is 20.3 Å². The van der Waals surface area contributed by atoms with Crippen LogP contribution in [-0.2, 0) is 9.53 Å². The summed E-state index contributed by atoms with van der Waals surface area (Å²) in [7, 11) is 0. The van der Waals surface area contributed by atoms with Crippen molar-refractivity contribution in [1.82, 2.24) is 9.88 Å². The number of hydrogen-bond acceptors (Lipinski definition) is 5. The zero-order valence-corrected chi connectivity index (χ0v) is 13.5. The molecule has 0 spiro atoms. The molecule has 7 heteroatoms. The lowest BCUT2D eigenvalue weighted by atomic mass is 10.1. The second-order valence-electron chi connectivity index (χ2n) is 4.78. The van der Waals surface area contributed by atoms with Gasteiger partial charge in [-0.1, -0.05) is 6.92 Å². The van der Waals surface area contributed by atoms with Crippen LogP contribution in [0.2, 0.25) is 0 Å². The van der Waals surface area contributed by atoms with Crippen LogP contribution in [0.5, 0.6) is 0 Å². The van der Waals surface area contributed by atoms with Gasteiger partial charge in [-0.25, -0.2) is 4.98 Å². The summed E-state index contributed by atoms with van der Waals surface area (Å²) in [6.45, 7) is 7.21. The maximum atomic E-state index is 12.4. The van der Waals surface area contributed by atoms with E-state index in [2.05, 4.69) is 4.98 Å². The molecule has 21 heavy (non-hydrogen) atoms. The topological polar surface area (TPSA) is 79.7 Å². The highest BCUT2D eigenvalue weighted by molar-refractivity contribution is 7.13. The number of thiazole rings is 1. The highest BCUT2D eigenvalue weighted by Crippen LogP contribution is 2.15. The highest BCUT2D eigenvalue weighted by atomic mass is 32.1. The quantitative estimate of drug-likeness (QED) is 0.706. The molecule has 0 radical (unpaired) electrons.